The van der Waals surface area contributed by atoms with Gasteiger partial charge in [0.15, 0.2) is 0 Å². The van der Waals surface area contributed by atoms with Crippen LogP contribution >= 0.6 is 23.2 Å². The Kier molecular flexibility index (Phi) is 7.57. The van der Waals surface area contributed by atoms with Gasteiger partial charge in [-0.05, 0) is 43.0 Å². The van der Waals surface area contributed by atoms with Crippen molar-refractivity contribution < 1.29 is 13.2 Å². The van der Waals surface area contributed by atoms with Crippen LogP contribution in [-0.4, -0.2) is 38.4 Å². The topological polar surface area (TPSA) is 66.5 Å². The molecule has 1 heterocycles. The lowest BCUT2D eigenvalue weighted by atomic mass is 10.1. The van der Waals surface area contributed by atoms with E-state index in [4.69, 9.17) is 23.2 Å². The fourth-order valence-electron chi connectivity index (χ4n) is 3.47. The van der Waals surface area contributed by atoms with Gasteiger partial charge in [-0.25, -0.2) is 8.42 Å². The molecule has 0 unspecified atom stereocenters. The number of amides is 1. The zero-order valence-corrected chi connectivity index (χ0v) is 18.3. The number of rotatable bonds is 6. The van der Waals surface area contributed by atoms with Crippen molar-refractivity contribution in [3.63, 3.8) is 0 Å². The maximum absolute atomic E-state index is 13.3. The Morgan fingerprint density at radius 1 is 1.00 bits per heavy atom. The largest absolute Gasteiger partial charge is 0.341 e. The molecule has 1 aliphatic rings. The first-order valence-electron chi connectivity index (χ1n) is 9.67. The predicted molar refractivity (Wildman–Crippen MR) is 116 cm³/mol. The highest BCUT2D eigenvalue weighted by molar-refractivity contribution is 7.89. The summed E-state index contributed by atoms with van der Waals surface area (Å²) in [5, 5.41) is 0.316. The summed E-state index contributed by atoms with van der Waals surface area (Å²) in [6.07, 6.45) is 4.27. The van der Waals surface area contributed by atoms with E-state index in [-0.39, 0.29) is 27.3 Å². The highest BCUT2D eigenvalue weighted by Crippen LogP contribution is 2.25. The molecular weight excluding hydrogens is 431 g/mol. The Bertz CT molecular complexity index is 944. The number of sulfonamides is 1. The van der Waals surface area contributed by atoms with Crippen LogP contribution in [0.15, 0.2) is 53.4 Å². The van der Waals surface area contributed by atoms with Gasteiger partial charge in [-0.2, -0.15) is 4.72 Å². The first kappa shape index (κ1) is 22.1. The number of carbonyl (C=O) groups is 1. The number of hydrogen-bond donors (Lipinski definition) is 1. The molecule has 8 heteroatoms. The molecular formula is C21H24Cl2N2O3S. The molecule has 156 valence electrons. The first-order valence-corrected chi connectivity index (χ1v) is 11.9. The minimum Gasteiger partial charge on any atom is -0.341 e. The molecule has 2 aromatic rings. The summed E-state index contributed by atoms with van der Waals surface area (Å²) in [7, 11) is -4.04. The normalized spacial score (nSPS) is 16.3. The van der Waals surface area contributed by atoms with Crippen LogP contribution in [0.2, 0.25) is 10.0 Å². The number of hydrogen-bond acceptors (Lipinski definition) is 3. The van der Waals surface area contributed by atoms with Crippen LogP contribution in [0.25, 0.3) is 0 Å². The molecule has 29 heavy (non-hydrogen) atoms. The zero-order chi connectivity index (χ0) is 20.9. The molecule has 0 bridgehead atoms. The van der Waals surface area contributed by atoms with E-state index in [1.807, 2.05) is 30.3 Å². The second-order valence-corrected chi connectivity index (χ2v) is 9.70. The highest BCUT2D eigenvalue weighted by Gasteiger charge is 2.31. The van der Waals surface area contributed by atoms with E-state index in [0.717, 1.165) is 31.2 Å². The number of benzene rings is 2. The van der Waals surface area contributed by atoms with E-state index in [0.29, 0.717) is 13.1 Å². The minimum atomic E-state index is -4.04. The zero-order valence-electron chi connectivity index (χ0n) is 16.0. The molecule has 1 saturated heterocycles. The average molecular weight is 455 g/mol. The third-order valence-corrected chi connectivity index (χ3v) is 7.17. The summed E-state index contributed by atoms with van der Waals surface area (Å²) in [5.41, 5.74) is 0.876. The van der Waals surface area contributed by atoms with Crippen molar-refractivity contribution in [3.05, 3.63) is 64.1 Å². The van der Waals surface area contributed by atoms with Crippen LogP contribution in [0.5, 0.6) is 0 Å². The number of halogens is 2. The third kappa shape index (κ3) is 5.95. The van der Waals surface area contributed by atoms with Crippen molar-refractivity contribution in [3.8, 4) is 0 Å². The minimum absolute atomic E-state index is 0.0579. The van der Waals surface area contributed by atoms with Crippen LogP contribution in [0.1, 0.15) is 31.2 Å². The average Bonchev–Trinajstić information content (AvgIpc) is 2.99. The van der Waals surface area contributed by atoms with Crippen LogP contribution < -0.4 is 4.72 Å². The molecule has 1 fully saturated rings. The molecule has 0 spiro atoms. The molecule has 1 N–H and O–H groups in total. The van der Waals surface area contributed by atoms with E-state index in [1.165, 1.54) is 18.2 Å². The van der Waals surface area contributed by atoms with Gasteiger partial charge in [0.25, 0.3) is 0 Å². The molecule has 0 aliphatic carbocycles. The standard InChI is InChI=1S/C21H24Cl2N2O3S/c22-17-10-11-18(23)20(15-17)29(27,28)24-19(14-16-8-4-3-5-9-16)21(26)25-12-6-1-2-7-13-25/h3-5,8-11,15,19,24H,1-2,6-7,12-14H2/t19-/m0/s1. The van der Waals surface area contributed by atoms with Crippen LogP contribution in [0.4, 0.5) is 0 Å². The lowest BCUT2D eigenvalue weighted by Gasteiger charge is -2.27. The van der Waals surface area contributed by atoms with Gasteiger partial charge in [-0.15, -0.1) is 0 Å². The third-order valence-electron chi connectivity index (χ3n) is 4.98. The van der Waals surface area contributed by atoms with E-state index in [1.54, 1.807) is 4.90 Å². The van der Waals surface area contributed by atoms with Gasteiger partial charge >= 0.3 is 0 Å². The molecule has 0 saturated carbocycles. The van der Waals surface area contributed by atoms with Gasteiger partial charge in [0, 0.05) is 18.1 Å². The first-order chi connectivity index (χ1) is 13.9. The van der Waals surface area contributed by atoms with Crippen molar-refractivity contribution in [2.45, 2.75) is 43.0 Å². The molecule has 1 amide bonds. The molecule has 1 aliphatic heterocycles. The smallest absolute Gasteiger partial charge is 0.242 e. The maximum Gasteiger partial charge on any atom is 0.242 e. The van der Waals surface area contributed by atoms with Crippen LogP contribution in [0, 0.1) is 0 Å². The van der Waals surface area contributed by atoms with Crippen molar-refractivity contribution >= 4 is 39.1 Å². The Balaban J connectivity index is 1.89. The summed E-state index contributed by atoms with van der Waals surface area (Å²) in [6, 6.07) is 12.7. The summed E-state index contributed by atoms with van der Waals surface area (Å²) < 4.78 is 28.7. The SMILES string of the molecule is O=C([C@H](Cc1ccccc1)NS(=O)(=O)c1cc(Cl)ccc1Cl)N1CCCCCC1. The Morgan fingerprint density at radius 3 is 2.31 bits per heavy atom. The fraction of sp³-hybridized carbons (Fsp3) is 0.381. The number of likely N-dealkylation sites (tertiary alicyclic amines) is 1. The Hall–Kier alpha value is -1.60. The van der Waals surface area contributed by atoms with E-state index in [2.05, 4.69) is 4.72 Å². The molecule has 2 aromatic carbocycles. The molecule has 3 rings (SSSR count). The lowest BCUT2D eigenvalue weighted by Crippen LogP contribution is -2.50. The van der Waals surface area contributed by atoms with Crippen molar-refractivity contribution in [1.29, 1.82) is 0 Å². The predicted octanol–water partition coefficient (Wildman–Crippen LogP) is 4.29. The fourth-order valence-corrected chi connectivity index (χ4v) is 5.43. The molecule has 1 atom stereocenters. The van der Waals surface area contributed by atoms with E-state index < -0.39 is 16.1 Å². The van der Waals surface area contributed by atoms with Crippen LogP contribution in [0.3, 0.4) is 0 Å². The molecule has 5 nitrogen and oxygen atoms in total. The second-order valence-electron chi connectivity index (χ2n) is 7.18. The summed E-state index contributed by atoms with van der Waals surface area (Å²) in [6.45, 7) is 1.29. The van der Waals surface area contributed by atoms with E-state index >= 15 is 0 Å². The van der Waals surface area contributed by atoms with Gasteiger partial charge in [0.05, 0.1) is 5.02 Å². The summed E-state index contributed by atoms with van der Waals surface area (Å²) >= 11 is 12.1. The van der Waals surface area contributed by atoms with Gasteiger partial charge in [0.2, 0.25) is 15.9 Å². The summed E-state index contributed by atoms with van der Waals surface area (Å²) in [4.78, 5) is 14.9. The monoisotopic (exact) mass is 454 g/mol. The van der Waals surface area contributed by atoms with Gasteiger partial charge in [0.1, 0.15) is 10.9 Å². The number of nitrogens with one attached hydrogen (secondary N) is 1. The highest BCUT2D eigenvalue weighted by atomic mass is 35.5. The number of nitrogens with zero attached hydrogens (tertiary/aromatic N) is 1. The van der Waals surface area contributed by atoms with E-state index in [9.17, 15) is 13.2 Å². The Morgan fingerprint density at radius 2 is 1.66 bits per heavy atom. The van der Waals surface area contributed by atoms with Crippen molar-refractivity contribution in [2.75, 3.05) is 13.1 Å². The quantitative estimate of drug-likeness (QED) is 0.707. The Labute approximate surface area is 182 Å². The van der Waals surface area contributed by atoms with Crippen LogP contribution in [-0.2, 0) is 21.2 Å². The van der Waals surface area contributed by atoms with Gasteiger partial charge < -0.3 is 4.90 Å². The lowest BCUT2D eigenvalue weighted by molar-refractivity contribution is -0.132. The molecule has 0 aromatic heterocycles. The second kappa shape index (κ2) is 9.94. The molecule has 0 radical (unpaired) electrons. The maximum atomic E-state index is 13.3. The van der Waals surface area contributed by atoms with Crippen molar-refractivity contribution in [1.82, 2.24) is 9.62 Å². The van der Waals surface area contributed by atoms with Gasteiger partial charge in [-0.1, -0.05) is 66.4 Å². The number of carbonyl (C=O) groups excluding carboxylic acids is 1. The summed E-state index contributed by atoms with van der Waals surface area (Å²) in [5.74, 6) is -0.211. The van der Waals surface area contributed by atoms with Gasteiger partial charge in [-0.3, -0.25) is 4.79 Å². The van der Waals surface area contributed by atoms with Crippen molar-refractivity contribution in [2.24, 2.45) is 0 Å².